The van der Waals surface area contributed by atoms with Crippen molar-refractivity contribution in [3.05, 3.63) is 23.8 Å². The van der Waals surface area contributed by atoms with E-state index in [4.69, 9.17) is 15.9 Å². The third kappa shape index (κ3) is 2.41. The number of rotatable bonds is 1. The van der Waals surface area contributed by atoms with Gasteiger partial charge in [-0.05, 0) is 12.1 Å². The number of aromatic hydroxyl groups is 1. The predicted molar refractivity (Wildman–Crippen MR) is 45.2 cm³/mol. The van der Waals surface area contributed by atoms with Crippen LogP contribution in [0.4, 0.5) is 5.69 Å². The molecule has 12 heavy (non-hydrogen) atoms. The Labute approximate surface area is 91.3 Å². The van der Waals surface area contributed by atoms with Crippen LogP contribution in [-0.2, 0) is 0 Å². The summed E-state index contributed by atoms with van der Waals surface area (Å²) in [6.45, 7) is 0. The first-order chi connectivity index (χ1) is 5.11. The molecular weight excluding hydrogens is 169 g/mol. The van der Waals surface area contributed by atoms with Gasteiger partial charge in [0.05, 0.1) is 0 Å². The molecule has 0 aromatic heterocycles. The van der Waals surface area contributed by atoms with Crippen molar-refractivity contribution in [3.8, 4) is 5.75 Å². The Kier molecular flexibility index (Phi) is 4.09. The molecule has 1 radical (unpaired) electrons. The smallest absolute Gasteiger partial charge is 0.339 e. The van der Waals surface area contributed by atoms with Crippen molar-refractivity contribution in [1.82, 2.24) is 0 Å². The molecule has 0 aliphatic carbocycles. The molecule has 0 saturated heterocycles. The molecule has 0 fully saturated rings. The van der Waals surface area contributed by atoms with Gasteiger partial charge in [0.25, 0.3) is 0 Å². The van der Waals surface area contributed by atoms with Gasteiger partial charge < -0.3 is 15.9 Å². The Balaban J connectivity index is 0.00000121. The second-order valence-electron chi connectivity index (χ2n) is 2.08. The van der Waals surface area contributed by atoms with Crippen molar-refractivity contribution < 1.29 is 15.0 Å². The summed E-state index contributed by atoms with van der Waals surface area (Å²) in [5.41, 5.74) is 5.48. The fraction of sp³-hybridized carbons (Fsp3) is 0. The van der Waals surface area contributed by atoms with Crippen LogP contribution in [-0.4, -0.2) is 45.7 Å². The van der Waals surface area contributed by atoms with Gasteiger partial charge in [-0.1, -0.05) is 0 Å². The number of anilines is 1. The van der Waals surface area contributed by atoms with E-state index in [1.807, 2.05) is 0 Å². The van der Waals surface area contributed by atoms with Crippen LogP contribution in [0, 0.1) is 0 Å². The van der Waals surface area contributed by atoms with Gasteiger partial charge in [0.2, 0.25) is 0 Å². The summed E-state index contributed by atoms with van der Waals surface area (Å²) >= 11 is 0. The van der Waals surface area contributed by atoms with Crippen LogP contribution >= 0.6 is 0 Å². The standard InChI is InChI=1S/C7H7NO3.Na/c8-4-1-2-5(7(10)11)6(9)3-4;/h1-3,9H,8H2,(H,10,11);. The molecule has 59 valence electrons. The van der Waals surface area contributed by atoms with Gasteiger partial charge in [0, 0.05) is 41.3 Å². The van der Waals surface area contributed by atoms with Crippen molar-refractivity contribution in [2.45, 2.75) is 0 Å². The minimum absolute atomic E-state index is 0. The molecule has 5 heteroatoms. The van der Waals surface area contributed by atoms with Crippen LogP contribution < -0.4 is 5.73 Å². The summed E-state index contributed by atoms with van der Waals surface area (Å²) in [4.78, 5) is 10.3. The van der Waals surface area contributed by atoms with Gasteiger partial charge in [-0.3, -0.25) is 0 Å². The van der Waals surface area contributed by atoms with Gasteiger partial charge in [-0.2, -0.15) is 0 Å². The molecular formula is C7H7NNaO3. The second kappa shape index (κ2) is 4.35. The number of aromatic carboxylic acids is 1. The van der Waals surface area contributed by atoms with E-state index in [-0.39, 0.29) is 40.9 Å². The molecule has 0 atom stereocenters. The first-order valence-corrected chi connectivity index (χ1v) is 2.93. The van der Waals surface area contributed by atoms with E-state index in [0.29, 0.717) is 5.69 Å². The van der Waals surface area contributed by atoms with E-state index in [0.717, 1.165) is 0 Å². The van der Waals surface area contributed by atoms with Gasteiger partial charge in [0.1, 0.15) is 11.3 Å². The molecule has 0 bridgehead atoms. The molecule has 1 aromatic carbocycles. The Hall–Kier alpha value is -0.710. The van der Waals surface area contributed by atoms with E-state index in [1.54, 1.807) is 0 Å². The Bertz CT molecular complexity index is 301. The third-order valence-electron chi connectivity index (χ3n) is 1.25. The molecule has 0 saturated carbocycles. The summed E-state index contributed by atoms with van der Waals surface area (Å²) in [6.07, 6.45) is 0. The van der Waals surface area contributed by atoms with Gasteiger partial charge in [-0.25, -0.2) is 4.79 Å². The Morgan fingerprint density at radius 2 is 2.00 bits per heavy atom. The fourth-order valence-corrected chi connectivity index (χ4v) is 0.730. The molecule has 0 heterocycles. The minimum Gasteiger partial charge on any atom is -0.507 e. The van der Waals surface area contributed by atoms with E-state index < -0.39 is 5.97 Å². The molecule has 0 aliphatic rings. The van der Waals surface area contributed by atoms with Gasteiger partial charge in [-0.15, -0.1) is 0 Å². The van der Waals surface area contributed by atoms with Crippen molar-refractivity contribution in [2.24, 2.45) is 0 Å². The molecule has 0 aliphatic heterocycles. The Morgan fingerprint density at radius 3 is 2.42 bits per heavy atom. The van der Waals surface area contributed by atoms with Crippen molar-refractivity contribution in [3.63, 3.8) is 0 Å². The average molecular weight is 176 g/mol. The van der Waals surface area contributed by atoms with Crippen molar-refractivity contribution in [1.29, 1.82) is 0 Å². The van der Waals surface area contributed by atoms with Gasteiger partial charge >= 0.3 is 5.97 Å². The summed E-state index contributed by atoms with van der Waals surface area (Å²) in [7, 11) is 0. The van der Waals surface area contributed by atoms with Crippen molar-refractivity contribution >= 4 is 41.2 Å². The van der Waals surface area contributed by atoms with Crippen LogP contribution in [0.25, 0.3) is 0 Å². The maximum atomic E-state index is 10.3. The number of hydrogen-bond donors (Lipinski definition) is 3. The predicted octanol–water partition coefficient (Wildman–Crippen LogP) is 0.292. The van der Waals surface area contributed by atoms with Crippen LogP contribution in [0.3, 0.4) is 0 Å². The summed E-state index contributed by atoms with van der Waals surface area (Å²) in [6, 6.07) is 3.87. The number of nitrogens with two attached hydrogens (primary N) is 1. The quantitative estimate of drug-likeness (QED) is 0.424. The number of hydrogen-bond acceptors (Lipinski definition) is 3. The summed E-state index contributed by atoms with van der Waals surface area (Å²) in [5.74, 6) is -1.47. The van der Waals surface area contributed by atoms with Crippen LogP contribution in [0.1, 0.15) is 10.4 Å². The minimum atomic E-state index is -1.16. The number of phenols is 1. The maximum absolute atomic E-state index is 10.3. The van der Waals surface area contributed by atoms with Gasteiger partial charge in [0.15, 0.2) is 0 Å². The number of carboxylic acids is 1. The topological polar surface area (TPSA) is 83.6 Å². The monoisotopic (exact) mass is 176 g/mol. The average Bonchev–Trinajstić information content (AvgIpc) is 1.85. The molecule has 0 unspecified atom stereocenters. The Morgan fingerprint density at radius 1 is 1.42 bits per heavy atom. The normalized spacial score (nSPS) is 8.67. The number of carboxylic acid groups (broad SMARTS) is 1. The molecule has 1 aromatic rings. The van der Waals surface area contributed by atoms with E-state index >= 15 is 0 Å². The number of benzene rings is 1. The molecule has 0 amide bonds. The molecule has 4 nitrogen and oxygen atoms in total. The van der Waals surface area contributed by atoms with E-state index in [2.05, 4.69) is 0 Å². The maximum Gasteiger partial charge on any atom is 0.339 e. The van der Waals surface area contributed by atoms with Crippen LogP contribution in [0.2, 0.25) is 0 Å². The zero-order valence-corrected chi connectivity index (χ0v) is 8.61. The first kappa shape index (κ1) is 11.3. The summed E-state index contributed by atoms with van der Waals surface area (Å²) < 4.78 is 0. The SMILES string of the molecule is Nc1ccc(C(=O)O)c(O)c1.[Na]. The zero-order chi connectivity index (χ0) is 8.43. The van der Waals surface area contributed by atoms with Crippen LogP contribution in [0.5, 0.6) is 5.75 Å². The molecule has 4 N–H and O–H groups in total. The zero-order valence-electron chi connectivity index (χ0n) is 6.61. The third-order valence-corrected chi connectivity index (χ3v) is 1.25. The first-order valence-electron chi connectivity index (χ1n) is 2.93. The number of nitrogen functional groups attached to an aromatic ring is 1. The van der Waals surface area contributed by atoms with E-state index in [9.17, 15) is 4.79 Å². The van der Waals surface area contributed by atoms with E-state index in [1.165, 1.54) is 18.2 Å². The largest absolute Gasteiger partial charge is 0.507 e. The van der Waals surface area contributed by atoms with Crippen LogP contribution in [0.15, 0.2) is 18.2 Å². The fourth-order valence-electron chi connectivity index (χ4n) is 0.730. The molecule has 0 spiro atoms. The molecule has 1 rings (SSSR count). The summed E-state index contributed by atoms with van der Waals surface area (Å²) in [5, 5.41) is 17.5. The van der Waals surface area contributed by atoms with Crippen molar-refractivity contribution in [2.75, 3.05) is 5.73 Å². The second-order valence-corrected chi connectivity index (χ2v) is 2.08. The number of carbonyl (C=O) groups is 1.